The van der Waals surface area contributed by atoms with E-state index in [0.717, 1.165) is 22.4 Å². The van der Waals surface area contributed by atoms with Gasteiger partial charge in [-0.3, -0.25) is 0 Å². The van der Waals surface area contributed by atoms with Crippen LogP contribution in [0.5, 0.6) is 11.5 Å². The van der Waals surface area contributed by atoms with Gasteiger partial charge in [-0.25, -0.2) is 4.98 Å². The third kappa shape index (κ3) is 2.98. The summed E-state index contributed by atoms with van der Waals surface area (Å²) in [5.41, 5.74) is 10.3. The number of para-hydroxylation sites is 1. The monoisotopic (exact) mass is 351 g/mol. The summed E-state index contributed by atoms with van der Waals surface area (Å²) < 4.78 is 17.2. The van der Waals surface area contributed by atoms with E-state index in [-0.39, 0.29) is 11.9 Å². The molecule has 3 rings (SSSR count). The van der Waals surface area contributed by atoms with Crippen LogP contribution in [0.15, 0.2) is 30.4 Å². The van der Waals surface area contributed by atoms with Gasteiger partial charge in [0.2, 0.25) is 0 Å². The predicted molar refractivity (Wildman–Crippen MR) is 98.9 cm³/mol. The molecular weight excluding hydrogens is 330 g/mol. The molecule has 1 atom stereocenters. The predicted octanol–water partition coefficient (Wildman–Crippen LogP) is 3.76. The number of ether oxygens (including phenoxy) is 3. The Bertz CT molecular complexity index is 915. The molecule has 6 heteroatoms. The lowest BCUT2D eigenvalue weighted by Crippen LogP contribution is -2.07. The number of methoxy groups -OCH3 is 1. The summed E-state index contributed by atoms with van der Waals surface area (Å²) in [5.74, 6) is 1.30. The Hall–Kier alpha value is -3.04. The Morgan fingerprint density at radius 3 is 2.92 bits per heavy atom. The molecule has 1 aliphatic rings. The zero-order valence-corrected chi connectivity index (χ0v) is 15.1. The quantitative estimate of drug-likeness (QED) is 0.825. The Labute approximate surface area is 152 Å². The Kier molecular flexibility index (Phi) is 4.83. The van der Waals surface area contributed by atoms with Crippen molar-refractivity contribution >= 4 is 5.82 Å². The van der Waals surface area contributed by atoms with Crippen LogP contribution in [0.3, 0.4) is 0 Å². The molecule has 2 aromatic rings. The van der Waals surface area contributed by atoms with Gasteiger partial charge in [0, 0.05) is 16.7 Å². The van der Waals surface area contributed by atoms with Crippen LogP contribution in [0.2, 0.25) is 0 Å². The fraction of sp³-hybridized carbons (Fsp3) is 0.300. The lowest BCUT2D eigenvalue weighted by atomic mass is 9.93. The van der Waals surface area contributed by atoms with Crippen LogP contribution < -0.4 is 15.2 Å². The summed E-state index contributed by atoms with van der Waals surface area (Å²) in [6.07, 6.45) is -0.177. The maximum Gasteiger partial charge on any atom is 0.169 e. The van der Waals surface area contributed by atoms with Gasteiger partial charge in [-0.1, -0.05) is 18.7 Å². The van der Waals surface area contributed by atoms with Crippen LogP contribution in [-0.2, 0) is 11.3 Å². The van der Waals surface area contributed by atoms with Gasteiger partial charge in [0.1, 0.15) is 24.1 Å². The molecule has 26 heavy (non-hydrogen) atoms. The van der Waals surface area contributed by atoms with E-state index in [0.29, 0.717) is 35.8 Å². The normalized spacial score (nSPS) is 15.2. The topological polar surface area (TPSA) is 90.4 Å². The molecule has 0 saturated heterocycles. The maximum atomic E-state index is 9.70. The number of anilines is 1. The van der Waals surface area contributed by atoms with Gasteiger partial charge in [0.15, 0.2) is 11.5 Å². The summed E-state index contributed by atoms with van der Waals surface area (Å²) >= 11 is 0. The Morgan fingerprint density at radius 1 is 1.50 bits per heavy atom. The number of hydrogen-bond donors (Lipinski definition) is 1. The minimum Gasteiger partial charge on any atom is -0.493 e. The minimum absolute atomic E-state index is 0.177. The van der Waals surface area contributed by atoms with Crippen molar-refractivity contribution in [1.82, 2.24) is 4.98 Å². The standard InChI is InChI=1S/C20H21N3O3/c1-11(2)9-26-19-13(6-5-7-16(19)24-4)17-14(8-21)20(22)23-18-12(3)25-10-15(17)18/h5-7,12H,1,9-10H2,2-4H3,(H2,22,23). The van der Waals surface area contributed by atoms with Crippen molar-refractivity contribution in [2.45, 2.75) is 26.6 Å². The minimum atomic E-state index is -0.177. The van der Waals surface area contributed by atoms with Crippen molar-refractivity contribution in [2.75, 3.05) is 19.5 Å². The van der Waals surface area contributed by atoms with E-state index in [1.54, 1.807) is 7.11 Å². The first-order valence-electron chi connectivity index (χ1n) is 8.26. The smallest absolute Gasteiger partial charge is 0.169 e. The average molecular weight is 351 g/mol. The molecule has 6 nitrogen and oxygen atoms in total. The number of aromatic nitrogens is 1. The first-order valence-corrected chi connectivity index (χ1v) is 8.26. The van der Waals surface area contributed by atoms with Crippen LogP contribution >= 0.6 is 0 Å². The lowest BCUT2D eigenvalue weighted by molar-refractivity contribution is 0.0780. The zero-order chi connectivity index (χ0) is 18.8. The van der Waals surface area contributed by atoms with E-state index >= 15 is 0 Å². The molecule has 134 valence electrons. The highest BCUT2D eigenvalue weighted by molar-refractivity contribution is 5.84. The van der Waals surface area contributed by atoms with Gasteiger partial charge in [0.05, 0.1) is 25.5 Å². The number of nitriles is 1. The second-order valence-corrected chi connectivity index (χ2v) is 6.26. The van der Waals surface area contributed by atoms with Gasteiger partial charge in [0.25, 0.3) is 0 Å². The second kappa shape index (κ2) is 7.06. The fourth-order valence-corrected chi connectivity index (χ4v) is 3.06. The molecule has 0 fully saturated rings. The fourth-order valence-electron chi connectivity index (χ4n) is 3.06. The summed E-state index contributed by atoms with van der Waals surface area (Å²) in [5, 5.41) is 9.70. The molecule has 2 heterocycles. The first-order chi connectivity index (χ1) is 12.5. The lowest BCUT2D eigenvalue weighted by Gasteiger charge is -2.18. The average Bonchev–Trinajstić information content (AvgIpc) is 2.99. The van der Waals surface area contributed by atoms with Gasteiger partial charge in [-0.05, 0) is 25.5 Å². The second-order valence-electron chi connectivity index (χ2n) is 6.26. The number of hydrogen-bond acceptors (Lipinski definition) is 6. The van der Waals surface area contributed by atoms with Crippen LogP contribution in [0, 0.1) is 11.3 Å². The number of benzene rings is 1. The van der Waals surface area contributed by atoms with Gasteiger partial charge in [-0.15, -0.1) is 0 Å². The molecule has 0 amide bonds. The molecule has 0 spiro atoms. The van der Waals surface area contributed by atoms with Gasteiger partial charge in [-0.2, -0.15) is 5.26 Å². The van der Waals surface area contributed by atoms with E-state index < -0.39 is 0 Å². The molecule has 2 N–H and O–H groups in total. The van der Waals surface area contributed by atoms with Gasteiger partial charge < -0.3 is 19.9 Å². The van der Waals surface area contributed by atoms with E-state index in [9.17, 15) is 5.26 Å². The van der Waals surface area contributed by atoms with E-state index in [4.69, 9.17) is 19.9 Å². The molecule has 1 unspecified atom stereocenters. The van der Waals surface area contributed by atoms with E-state index in [1.165, 1.54) is 0 Å². The van der Waals surface area contributed by atoms with Crippen molar-refractivity contribution < 1.29 is 14.2 Å². The molecule has 1 aromatic carbocycles. The molecular formula is C20H21N3O3. The maximum absolute atomic E-state index is 9.70. The van der Waals surface area contributed by atoms with Crippen molar-refractivity contribution in [1.29, 1.82) is 5.26 Å². The summed E-state index contributed by atoms with van der Waals surface area (Å²) in [6, 6.07) is 7.73. The van der Waals surface area contributed by atoms with Crippen molar-refractivity contribution in [3.05, 3.63) is 47.2 Å². The number of rotatable bonds is 5. The molecule has 0 bridgehead atoms. The van der Waals surface area contributed by atoms with Crippen LogP contribution in [0.1, 0.15) is 36.8 Å². The number of pyridine rings is 1. The first kappa shape index (κ1) is 17.8. The Morgan fingerprint density at radius 2 is 2.27 bits per heavy atom. The summed E-state index contributed by atoms with van der Waals surface area (Å²) in [6.45, 7) is 8.38. The van der Waals surface area contributed by atoms with E-state index in [2.05, 4.69) is 17.6 Å². The van der Waals surface area contributed by atoms with Crippen molar-refractivity contribution in [2.24, 2.45) is 0 Å². The molecule has 0 saturated carbocycles. The largest absolute Gasteiger partial charge is 0.493 e. The third-order valence-electron chi connectivity index (χ3n) is 4.26. The SMILES string of the molecule is C=C(C)COc1c(OC)cccc1-c1c(C#N)c(N)nc2c1COC2C. The number of fused-ring (bicyclic) bond motifs is 1. The Balaban J connectivity index is 2.29. The number of nitrogen functional groups attached to an aromatic ring is 1. The van der Waals surface area contributed by atoms with Crippen molar-refractivity contribution in [3.8, 4) is 28.7 Å². The molecule has 0 radical (unpaired) electrons. The number of nitrogens with zero attached hydrogens (tertiary/aromatic N) is 2. The number of nitrogens with two attached hydrogens (primary N) is 1. The molecule has 0 aliphatic carbocycles. The highest BCUT2D eigenvalue weighted by atomic mass is 16.5. The van der Waals surface area contributed by atoms with Crippen LogP contribution in [-0.4, -0.2) is 18.7 Å². The summed E-state index contributed by atoms with van der Waals surface area (Å²) in [7, 11) is 1.58. The zero-order valence-electron chi connectivity index (χ0n) is 15.1. The van der Waals surface area contributed by atoms with Crippen LogP contribution in [0.25, 0.3) is 11.1 Å². The molecule has 1 aromatic heterocycles. The van der Waals surface area contributed by atoms with Crippen molar-refractivity contribution in [3.63, 3.8) is 0 Å². The molecule has 1 aliphatic heterocycles. The van der Waals surface area contributed by atoms with E-state index in [1.807, 2.05) is 32.0 Å². The summed E-state index contributed by atoms with van der Waals surface area (Å²) in [4.78, 5) is 4.38. The highest BCUT2D eigenvalue weighted by Gasteiger charge is 2.30. The third-order valence-corrected chi connectivity index (χ3v) is 4.26. The highest BCUT2D eigenvalue weighted by Crippen LogP contribution is 2.45. The van der Waals surface area contributed by atoms with Crippen LogP contribution in [0.4, 0.5) is 5.82 Å². The van der Waals surface area contributed by atoms with Gasteiger partial charge >= 0.3 is 0 Å².